The normalized spacial score (nSPS) is 20.7. The van der Waals surface area contributed by atoms with Gasteiger partial charge in [-0.25, -0.2) is 9.78 Å². The fourth-order valence-electron chi connectivity index (χ4n) is 3.18. The topological polar surface area (TPSA) is 73.7 Å². The molecule has 2 heterocycles. The molecular formula is C21H25N3O4S2. The second-order valence-corrected chi connectivity index (χ2v) is 8.91. The molecule has 1 aliphatic heterocycles. The summed E-state index contributed by atoms with van der Waals surface area (Å²) in [5.41, 5.74) is 0. The Labute approximate surface area is 184 Å². The lowest BCUT2D eigenvalue weighted by molar-refractivity contribution is -0.144. The number of thioether (sulfide) groups is 2. The standard InChI is InChI=1S/C21H25N3O4S2/c1-4-12-28-17-6-8-18(9-7-17)29-14-21(16(3)25)24(23-11-10-22-15-23)19(13-30-21)20(26)27-5-2/h4,6-11,15,19H,1,5,12-14H2,2-3H3. The fourth-order valence-corrected chi connectivity index (χ4v) is 5.98. The number of ether oxygens (including phenoxy) is 2. The number of esters is 1. The molecule has 0 spiro atoms. The van der Waals surface area contributed by atoms with Crippen molar-refractivity contribution in [3.8, 4) is 5.75 Å². The van der Waals surface area contributed by atoms with Crippen molar-refractivity contribution in [3.05, 3.63) is 55.6 Å². The van der Waals surface area contributed by atoms with Crippen LogP contribution < -0.4 is 9.75 Å². The second kappa shape index (κ2) is 10.1. The molecule has 0 saturated carbocycles. The van der Waals surface area contributed by atoms with E-state index in [0.717, 1.165) is 10.6 Å². The Hall–Kier alpha value is -2.39. The SMILES string of the molecule is C=CCOc1ccc(SCC2(C(C)=O)SCC(C(=O)OCC)N2n2ccnc2)cc1. The van der Waals surface area contributed by atoms with E-state index in [4.69, 9.17) is 9.47 Å². The highest BCUT2D eigenvalue weighted by molar-refractivity contribution is 8.04. The minimum absolute atomic E-state index is 0.0218. The lowest BCUT2D eigenvalue weighted by Crippen LogP contribution is -2.60. The summed E-state index contributed by atoms with van der Waals surface area (Å²) >= 11 is 3.03. The number of aromatic nitrogens is 2. The highest BCUT2D eigenvalue weighted by Gasteiger charge is 2.54. The van der Waals surface area contributed by atoms with Gasteiger partial charge in [0.25, 0.3) is 0 Å². The van der Waals surface area contributed by atoms with E-state index in [1.165, 1.54) is 11.8 Å². The second-order valence-electron chi connectivity index (χ2n) is 6.57. The molecule has 0 N–H and O–H groups in total. The van der Waals surface area contributed by atoms with E-state index < -0.39 is 10.9 Å². The van der Waals surface area contributed by atoms with Crippen LogP contribution in [-0.4, -0.2) is 57.0 Å². The van der Waals surface area contributed by atoms with Gasteiger partial charge in [-0.1, -0.05) is 12.7 Å². The Balaban J connectivity index is 1.83. The van der Waals surface area contributed by atoms with Crippen LogP contribution >= 0.6 is 23.5 Å². The maximum Gasteiger partial charge on any atom is 0.331 e. The largest absolute Gasteiger partial charge is 0.490 e. The summed E-state index contributed by atoms with van der Waals surface area (Å²) in [6.07, 6.45) is 6.67. The zero-order chi connectivity index (χ0) is 21.6. The van der Waals surface area contributed by atoms with Gasteiger partial charge in [0.1, 0.15) is 18.7 Å². The maximum absolute atomic E-state index is 12.9. The third-order valence-electron chi connectivity index (χ3n) is 4.62. The number of rotatable bonds is 10. The van der Waals surface area contributed by atoms with Crippen LogP contribution in [0.4, 0.5) is 0 Å². The van der Waals surface area contributed by atoms with Gasteiger partial charge >= 0.3 is 5.97 Å². The van der Waals surface area contributed by atoms with E-state index in [1.807, 2.05) is 24.3 Å². The van der Waals surface area contributed by atoms with Gasteiger partial charge in [0.2, 0.25) is 0 Å². The fraction of sp³-hybridized carbons (Fsp3) is 0.381. The summed E-state index contributed by atoms with van der Waals surface area (Å²) in [5.74, 6) is 1.33. The molecule has 7 nitrogen and oxygen atoms in total. The van der Waals surface area contributed by atoms with E-state index in [2.05, 4.69) is 11.6 Å². The van der Waals surface area contributed by atoms with E-state index >= 15 is 0 Å². The van der Waals surface area contributed by atoms with Crippen molar-refractivity contribution in [2.24, 2.45) is 0 Å². The van der Waals surface area contributed by atoms with Crippen LogP contribution in [0.1, 0.15) is 13.8 Å². The highest BCUT2D eigenvalue weighted by atomic mass is 32.2. The Kier molecular flexibility index (Phi) is 7.49. The van der Waals surface area contributed by atoms with E-state index in [-0.39, 0.29) is 11.8 Å². The molecule has 1 aromatic carbocycles. The molecule has 3 rings (SSSR count). The first-order valence-corrected chi connectivity index (χ1v) is 11.5. The van der Waals surface area contributed by atoms with Crippen LogP contribution in [0.2, 0.25) is 0 Å². The van der Waals surface area contributed by atoms with Gasteiger partial charge in [-0.15, -0.1) is 23.5 Å². The van der Waals surface area contributed by atoms with Gasteiger partial charge in [-0.2, -0.15) is 0 Å². The average molecular weight is 448 g/mol. The number of Topliss-reactive ketones (excluding diaryl/α,β-unsaturated/α-hetero) is 1. The molecule has 2 aromatic rings. The number of hydrogen-bond donors (Lipinski definition) is 0. The molecule has 2 atom stereocenters. The third-order valence-corrected chi connectivity index (χ3v) is 7.55. The molecule has 2 unspecified atom stereocenters. The van der Waals surface area contributed by atoms with Crippen molar-refractivity contribution in [2.75, 3.05) is 29.7 Å². The minimum Gasteiger partial charge on any atom is -0.490 e. The molecule has 1 aliphatic rings. The van der Waals surface area contributed by atoms with Crippen molar-refractivity contribution < 1.29 is 19.1 Å². The van der Waals surface area contributed by atoms with Gasteiger partial charge in [-0.3, -0.25) is 14.5 Å². The van der Waals surface area contributed by atoms with Gasteiger partial charge in [0, 0.05) is 28.8 Å². The van der Waals surface area contributed by atoms with Crippen molar-refractivity contribution in [3.63, 3.8) is 0 Å². The van der Waals surface area contributed by atoms with Crippen LogP contribution in [-0.2, 0) is 14.3 Å². The number of ketones is 1. The third kappa shape index (κ3) is 4.67. The van der Waals surface area contributed by atoms with E-state index in [1.54, 1.807) is 60.1 Å². The summed E-state index contributed by atoms with van der Waals surface area (Å²) in [5, 5.41) is 1.81. The van der Waals surface area contributed by atoms with Crippen molar-refractivity contribution >= 4 is 35.3 Å². The minimum atomic E-state index is -0.916. The zero-order valence-electron chi connectivity index (χ0n) is 17.0. The Morgan fingerprint density at radius 3 is 2.77 bits per heavy atom. The number of carbonyl (C=O) groups is 2. The molecule has 0 bridgehead atoms. The summed E-state index contributed by atoms with van der Waals surface area (Å²) in [4.78, 5) is 29.7. The molecule has 0 aliphatic carbocycles. The first kappa shape index (κ1) is 22.3. The van der Waals surface area contributed by atoms with Crippen LogP contribution in [0.15, 0.2) is 60.5 Å². The van der Waals surface area contributed by atoms with Crippen molar-refractivity contribution in [1.82, 2.24) is 9.66 Å². The number of carbonyl (C=O) groups excluding carboxylic acids is 2. The lowest BCUT2D eigenvalue weighted by atomic mass is 10.2. The van der Waals surface area contributed by atoms with Crippen molar-refractivity contribution in [1.29, 1.82) is 0 Å². The molecule has 9 heteroatoms. The van der Waals surface area contributed by atoms with Gasteiger partial charge < -0.3 is 9.47 Å². The molecule has 30 heavy (non-hydrogen) atoms. The lowest BCUT2D eigenvalue weighted by Gasteiger charge is -2.39. The van der Waals surface area contributed by atoms with Crippen LogP contribution in [0.25, 0.3) is 0 Å². The first-order valence-electron chi connectivity index (χ1n) is 9.57. The summed E-state index contributed by atoms with van der Waals surface area (Å²) in [6, 6.07) is 7.14. The Morgan fingerprint density at radius 2 is 2.17 bits per heavy atom. The Morgan fingerprint density at radius 1 is 1.40 bits per heavy atom. The molecule has 1 fully saturated rings. The van der Waals surface area contributed by atoms with Gasteiger partial charge in [-0.05, 0) is 38.1 Å². The van der Waals surface area contributed by atoms with Crippen LogP contribution in [0.3, 0.4) is 0 Å². The number of imidazole rings is 1. The number of benzene rings is 1. The highest BCUT2D eigenvalue weighted by Crippen LogP contribution is 2.43. The summed E-state index contributed by atoms with van der Waals surface area (Å²) < 4.78 is 12.5. The van der Waals surface area contributed by atoms with Crippen LogP contribution in [0, 0.1) is 0 Å². The predicted octanol–water partition coefficient (Wildman–Crippen LogP) is 3.14. The van der Waals surface area contributed by atoms with E-state index in [9.17, 15) is 9.59 Å². The quantitative estimate of drug-likeness (QED) is 0.312. The molecule has 0 radical (unpaired) electrons. The van der Waals surface area contributed by atoms with Gasteiger partial charge in [0.15, 0.2) is 16.7 Å². The maximum atomic E-state index is 12.9. The van der Waals surface area contributed by atoms with E-state index in [0.29, 0.717) is 24.7 Å². The molecular weight excluding hydrogens is 422 g/mol. The molecule has 1 saturated heterocycles. The van der Waals surface area contributed by atoms with Crippen molar-refractivity contribution in [2.45, 2.75) is 29.7 Å². The summed E-state index contributed by atoms with van der Waals surface area (Å²) in [7, 11) is 0. The van der Waals surface area contributed by atoms with Gasteiger partial charge in [0.05, 0.1) is 6.61 Å². The molecule has 0 amide bonds. The molecule has 160 valence electrons. The molecule has 1 aromatic heterocycles. The van der Waals surface area contributed by atoms with Crippen LogP contribution in [0.5, 0.6) is 5.75 Å². The average Bonchev–Trinajstić information content (AvgIpc) is 3.39. The monoisotopic (exact) mass is 447 g/mol. The predicted molar refractivity (Wildman–Crippen MR) is 120 cm³/mol. The first-order chi connectivity index (χ1) is 14.5. The number of nitrogens with zero attached hydrogens (tertiary/aromatic N) is 3. The zero-order valence-corrected chi connectivity index (χ0v) is 18.7. The number of hydrogen-bond acceptors (Lipinski definition) is 8. The smallest absolute Gasteiger partial charge is 0.331 e. The Bertz CT molecular complexity index is 873. The summed E-state index contributed by atoms with van der Waals surface area (Å²) in [6.45, 7) is 7.73.